The number of carbonyl (C=O) groups is 3. The predicted octanol–water partition coefficient (Wildman–Crippen LogP) is 4.33. The standard InChI is InChI=1S/C24H21NO4/c1-16-12-13-17(2)20(14-16)24(28)29-15-22(26)25-21-11-7-6-10-19(21)23(27)18-8-4-3-5-9-18/h3-14H,15H2,1-2H3,(H,25,26). The van der Waals surface area contributed by atoms with Crippen molar-refractivity contribution in [1.29, 1.82) is 0 Å². The van der Waals surface area contributed by atoms with Crippen molar-refractivity contribution in [3.63, 3.8) is 0 Å². The summed E-state index contributed by atoms with van der Waals surface area (Å²) < 4.78 is 5.15. The highest BCUT2D eigenvalue weighted by Gasteiger charge is 2.17. The second-order valence-corrected chi connectivity index (χ2v) is 6.68. The highest BCUT2D eigenvalue weighted by molar-refractivity contribution is 6.14. The summed E-state index contributed by atoms with van der Waals surface area (Å²) in [6, 6.07) is 21.0. The Kier molecular flexibility index (Phi) is 6.19. The fourth-order valence-corrected chi connectivity index (χ4v) is 2.89. The molecule has 0 unspecified atom stereocenters. The molecule has 0 bridgehead atoms. The van der Waals surface area contributed by atoms with Crippen LogP contribution in [0.3, 0.4) is 0 Å². The maximum absolute atomic E-state index is 12.7. The fourth-order valence-electron chi connectivity index (χ4n) is 2.89. The molecule has 5 heteroatoms. The molecular weight excluding hydrogens is 366 g/mol. The van der Waals surface area contributed by atoms with E-state index in [1.807, 2.05) is 32.0 Å². The minimum absolute atomic E-state index is 0.200. The number of nitrogens with one attached hydrogen (secondary N) is 1. The Balaban J connectivity index is 1.68. The van der Waals surface area contributed by atoms with Crippen LogP contribution in [-0.2, 0) is 9.53 Å². The van der Waals surface area contributed by atoms with Crippen LogP contribution in [-0.4, -0.2) is 24.3 Å². The van der Waals surface area contributed by atoms with E-state index in [9.17, 15) is 14.4 Å². The van der Waals surface area contributed by atoms with Gasteiger partial charge in [0, 0.05) is 11.1 Å². The number of hydrogen-bond donors (Lipinski definition) is 1. The highest BCUT2D eigenvalue weighted by Crippen LogP contribution is 2.19. The van der Waals surface area contributed by atoms with Gasteiger partial charge >= 0.3 is 5.97 Å². The summed E-state index contributed by atoms with van der Waals surface area (Å²) in [5.41, 5.74) is 3.40. The summed E-state index contributed by atoms with van der Waals surface area (Å²) in [5.74, 6) is -1.28. The molecule has 3 rings (SSSR count). The van der Waals surface area contributed by atoms with Gasteiger partial charge < -0.3 is 10.1 Å². The summed E-state index contributed by atoms with van der Waals surface area (Å²) in [6.45, 7) is 3.24. The van der Waals surface area contributed by atoms with Crippen LogP contribution < -0.4 is 5.32 Å². The Morgan fingerprint density at radius 1 is 0.828 bits per heavy atom. The largest absolute Gasteiger partial charge is 0.452 e. The van der Waals surface area contributed by atoms with Crippen LogP contribution in [0.4, 0.5) is 5.69 Å². The Morgan fingerprint density at radius 3 is 2.28 bits per heavy atom. The van der Waals surface area contributed by atoms with Crippen molar-refractivity contribution in [2.45, 2.75) is 13.8 Å². The number of rotatable bonds is 6. The van der Waals surface area contributed by atoms with E-state index in [0.29, 0.717) is 22.4 Å². The van der Waals surface area contributed by atoms with Crippen molar-refractivity contribution in [3.8, 4) is 0 Å². The molecule has 0 aromatic heterocycles. The van der Waals surface area contributed by atoms with Crippen LogP contribution in [0.5, 0.6) is 0 Å². The fraction of sp³-hybridized carbons (Fsp3) is 0.125. The Morgan fingerprint density at radius 2 is 1.52 bits per heavy atom. The lowest BCUT2D eigenvalue weighted by atomic mass is 10.0. The van der Waals surface area contributed by atoms with Crippen LogP contribution in [0.15, 0.2) is 72.8 Å². The van der Waals surface area contributed by atoms with Gasteiger partial charge in [-0.2, -0.15) is 0 Å². The normalized spacial score (nSPS) is 10.3. The third-order valence-corrected chi connectivity index (χ3v) is 4.43. The molecule has 0 saturated carbocycles. The van der Waals surface area contributed by atoms with E-state index in [1.165, 1.54) is 0 Å². The van der Waals surface area contributed by atoms with E-state index in [1.54, 1.807) is 54.6 Å². The molecule has 146 valence electrons. The number of ketones is 1. The zero-order chi connectivity index (χ0) is 20.8. The maximum atomic E-state index is 12.7. The van der Waals surface area contributed by atoms with Crippen molar-refractivity contribution >= 4 is 23.3 Å². The number of benzene rings is 3. The van der Waals surface area contributed by atoms with Crippen LogP contribution in [0, 0.1) is 13.8 Å². The molecule has 0 spiro atoms. The lowest BCUT2D eigenvalue weighted by molar-refractivity contribution is -0.119. The Hall–Kier alpha value is -3.73. The topological polar surface area (TPSA) is 72.5 Å². The van der Waals surface area contributed by atoms with Gasteiger partial charge in [0.15, 0.2) is 12.4 Å². The van der Waals surface area contributed by atoms with E-state index in [2.05, 4.69) is 5.32 Å². The van der Waals surface area contributed by atoms with Crippen molar-refractivity contribution in [1.82, 2.24) is 0 Å². The Bertz CT molecular complexity index is 1060. The molecular formula is C24H21NO4. The van der Waals surface area contributed by atoms with Gasteiger partial charge in [0.05, 0.1) is 11.3 Å². The van der Waals surface area contributed by atoms with Crippen LogP contribution in [0.25, 0.3) is 0 Å². The van der Waals surface area contributed by atoms with Crippen LogP contribution >= 0.6 is 0 Å². The number of amides is 1. The number of carbonyl (C=O) groups excluding carboxylic acids is 3. The SMILES string of the molecule is Cc1ccc(C)c(C(=O)OCC(=O)Nc2ccccc2C(=O)c2ccccc2)c1. The number of anilines is 1. The summed E-state index contributed by atoms with van der Waals surface area (Å²) >= 11 is 0. The van der Waals surface area contributed by atoms with Gasteiger partial charge in [0.1, 0.15) is 0 Å². The molecule has 29 heavy (non-hydrogen) atoms. The van der Waals surface area contributed by atoms with Gasteiger partial charge in [-0.05, 0) is 37.6 Å². The molecule has 5 nitrogen and oxygen atoms in total. The number of aryl methyl sites for hydroxylation is 2. The van der Waals surface area contributed by atoms with Gasteiger partial charge in [-0.1, -0.05) is 60.2 Å². The molecule has 0 aliphatic heterocycles. The molecule has 0 aliphatic rings. The second kappa shape index (κ2) is 8.97. The number of para-hydroxylation sites is 1. The first-order chi connectivity index (χ1) is 14.0. The third kappa shape index (κ3) is 4.96. The first-order valence-electron chi connectivity index (χ1n) is 9.18. The quantitative estimate of drug-likeness (QED) is 0.505. The zero-order valence-corrected chi connectivity index (χ0v) is 16.3. The van der Waals surface area contributed by atoms with E-state index < -0.39 is 18.5 Å². The molecule has 1 N–H and O–H groups in total. The monoisotopic (exact) mass is 387 g/mol. The van der Waals surface area contributed by atoms with Crippen LogP contribution in [0.2, 0.25) is 0 Å². The van der Waals surface area contributed by atoms with E-state index in [4.69, 9.17) is 4.74 Å². The summed E-state index contributed by atoms with van der Waals surface area (Å²) in [5, 5.41) is 2.66. The number of esters is 1. The first-order valence-corrected chi connectivity index (χ1v) is 9.18. The molecule has 3 aromatic carbocycles. The lowest BCUT2D eigenvalue weighted by Gasteiger charge is -2.11. The minimum atomic E-state index is -0.560. The summed E-state index contributed by atoms with van der Waals surface area (Å²) in [4.78, 5) is 37.3. The zero-order valence-electron chi connectivity index (χ0n) is 16.3. The van der Waals surface area contributed by atoms with Gasteiger partial charge in [-0.15, -0.1) is 0 Å². The Labute approximate surface area is 169 Å². The number of ether oxygens (including phenoxy) is 1. The van der Waals surface area contributed by atoms with Crippen molar-refractivity contribution < 1.29 is 19.1 Å². The molecule has 1 amide bonds. The molecule has 0 radical (unpaired) electrons. The summed E-state index contributed by atoms with van der Waals surface area (Å²) in [6.07, 6.45) is 0. The average molecular weight is 387 g/mol. The molecule has 0 saturated heterocycles. The van der Waals surface area contributed by atoms with E-state index in [-0.39, 0.29) is 5.78 Å². The van der Waals surface area contributed by atoms with Crippen molar-refractivity contribution in [3.05, 3.63) is 101 Å². The van der Waals surface area contributed by atoms with E-state index in [0.717, 1.165) is 11.1 Å². The number of hydrogen-bond acceptors (Lipinski definition) is 4. The highest BCUT2D eigenvalue weighted by atomic mass is 16.5. The van der Waals surface area contributed by atoms with Gasteiger partial charge in [-0.3, -0.25) is 9.59 Å². The van der Waals surface area contributed by atoms with Crippen LogP contribution in [0.1, 0.15) is 37.4 Å². The second-order valence-electron chi connectivity index (χ2n) is 6.68. The van der Waals surface area contributed by atoms with Crippen molar-refractivity contribution in [2.24, 2.45) is 0 Å². The predicted molar refractivity (Wildman–Crippen MR) is 111 cm³/mol. The lowest BCUT2D eigenvalue weighted by Crippen LogP contribution is -2.22. The maximum Gasteiger partial charge on any atom is 0.338 e. The van der Waals surface area contributed by atoms with Gasteiger partial charge in [0.25, 0.3) is 5.91 Å². The summed E-state index contributed by atoms with van der Waals surface area (Å²) in [7, 11) is 0. The minimum Gasteiger partial charge on any atom is -0.452 e. The van der Waals surface area contributed by atoms with E-state index >= 15 is 0 Å². The molecule has 0 aliphatic carbocycles. The van der Waals surface area contributed by atoms with Crippen molar-refractivity contribution in [2.75, 3.05) is 11.9 Å². The third-order valence-electron chi connectivity index (χ3n) is 4.43. The molecule has 0 fully saturated rings. The smallest absolute Gasteiger partial charge is 0.338 e. The molecule has 0 atom stereocenters. The first kappa shape index (κ1) is 20.0. The molecule has 3 aromatic rings. The average Bonchev–Trinajstić information content (AvgIpc) is 2.74. The van der Waals surface area contributed by atoms with Gasteiger partial charge in [0.2, 0.25) is 0 Å². The van der Waals surface area contributed by atoms with Gasteiger partial charge in [-0.25, -0.2) is 4.79 Å². The molecule has 0 heterocycles.